The Morgan fingerprint density at radius 1 is 1.03 bits per heavy atom. The van der Waals surface area contributed by atoms with E-state index in [1.807, 2.05) is 23.5 Å². The van der Waals surface area contributed by atoms with Crippen molar-refractivity contribution in [2.75, 3.05) is 20.4 Å². The summed E-state index contributed by atoms with van der Waals surface area (Å²) in [5, 5.41) is 1.82. The largest absolute Gasteiger partial charge is 0.454 e. The van der Waals surface area contributed by atoms with Crippen LogP contribution in [-0.4, -0.2) is 43.3 Å². The second-order valence-corrected chi connectivity index (χ2v) is 6.93. The first-order valence-corrected chi connectivity index (χ1v) is 9.28. The van der Waals surface area contributed by atoms with Gasteiger partial charge in [-0.1, -0.05) is 18.2 Å². The molecule has 1 N–H and O–H groups in total. The third-order valence-electron chi connectivity index (χ3n) is 4.58. The molecule has 0 atom stereocenters. The normalized spacial score (nSPS) is 12.5. The quantitative estimate of drug-likeness (QED) is 0.744. The summed E-state index contributed by atoms with van der Waals surface area (Å²) in [6, 6.07) is 11.7. The van der Waals surface area contributed by atoms with Crippen molar-refractivity contribution in [1.29, 1.82) is 0 Å². The Hall–Kier alpha value is -3.23. The molecule has 0 aromatic heterocycles. The van der Waals surface area contributed by atoms with Crippen LogP contribution in [-0.2, 0) is 17.8 Å². The zero-order valence-corrected chi connectivity index (χ0v) is 16.3. The fraction of sp³-hybridized carbons (Fsp3) is 0.333. The number of rotatable bonds is 7. The second-order valence-electron chi connectivity index (χ2n) is 6.93. The smallest absolute Gasteiger partial charge is 0.405 e. The molecule has 0 aliphatic carbocycles. The van der Waals surface area contributed by atoms with Gasteiger partial charge in [0.1, 0.15) is 6.54 Å². The predicted molar refractivity (Wildman–Crippen MR) is 102 cm³/mol. The third-order valence-corrected chi connectivity index (χ3v) is 4.58. The Labute approximate surface area is 171 Å². The van der Waals surface area contributed by atoms with Crippen LogP contribution in [0.4, 0.5) is 13.2 Å². The number of amides is 2. The van der Waals surface area contributed by atoms with E-state index in [2.05, 4.69) is 0 Å². The topological polar surface area (TPSA) is 67.9 Å². The Morgan fingerprint density at radius 3 is 2.40 bits per heavy atom. The van der Waals surface area contributed by atoms with Crippen LogP contribution in [0, 0.1) is 0 Å². The van der Waals surface area contributed by atoms with Crippen molar-refractivity contribution in [1.82, 2.24) is 10.2 Å². The molecule has 1 heterocycles. The Kier molecular flexibility index (Phi) is 6.49. The zero-order chi connectivity index (χ0) is 21.7. The summed E-state index contributed by atoms with van der Waals surface area (Å²) in [4.78, 5) is 25.7. The fourth-order valence-electron chi connectivity index (χ4n) is 2.94. The monoisotopic (exact) mass is 422 g/mol. The molecule has 6 nitrogen and oxygen atoms in total. The highest BCUT2D eigenvalue weighted by Crippen LogP contribution is 2.32. The lowest BCUT2D eigenvalue weighted by Crippen LogP contribution is -2.33. The molecule has 160 valence electrons. The number of nitrogens with one attached hydrogen (secondary N) is 1. The van der Waals surface area contributed by atoms with Crippen molar-refractivity contribution in [3.05, 3.63) is 59.2 Å². The molecule has 30 heavy (non-hydrogen) atoms. The van der Waals surface area contributed by atoms with Crippen molar-refractivity contribution in [2.24, 2.45) is 0 Å². The van der Waals surface area contributed by atoms with Crippen molar-refractivity contribution >= 4 is 11.8 Å². The second kappa shape index (κ2) is 9.06. The van der Waals surface area contributed by atoms with Gasteiger partial charge in [-0.3, -0.25) is 9.59 Å². The van der Waals surface area contributed by atoms with Crippen LogP contribution in [0.1, 0.15) is 27.9 Å². The van der Waals surface area contributed by atoms with Crippen LogP contribution in [0.25, 0.3) is 0 Å². The van der Waals surface area contributed by atoms with Crippen LogP contribution in [0.3, 0.4) is 0 Å². The van der Waals surface area contributed by atoms with Gasteiger partial charge in [0.05, 0.1) is 0 Å². The van der Waals surface area contributed by atoms with Gasteiger partial charge in [0.25, 0.3) is 5.91 Å². The number of nitrogens with zero attached hydrogens (tertiary/aromatic N) is 1. The molecule has 0 spiro atoms. The number of halogens is 3. The number of fused-ring (bicyclic) bond motifs is 1. The van der Waals surface area contributed by atoms with Crippen molar-refractivity contribution in [3.8, 4) is 11.5 Å². The molecule has 2 aromatic rings. The van der Waals surface area contributed by atoms with Gasteiger partial charge in [0.15, 0.2) is 11.5 Å². The van der Waals surface area contributed by atoms with E-state index in [0.717, 1.165) is 11.1 Å². The minimum atomic E-state index is -4.46. The van der Waals surface area contributed by atoms with E-state index in [1.165, 1.54) is 12.1 Å². The lowest BCUT2D eigenvalue weighted by atomic mass is 10.1. The number of hydrogen-bond donors (Lipinski definition) is 1. The van der Waals surface area contributed by atoms with E-state index in [4.69, 9.17) is 9.47 Å². The molecular weight excluding hydrogens is 401 g/mol. The van der Waals surface area contributed by atoms with Crippen LogP contribution in [0.15, 0.2) is 42.5 Å². The minimum Gasteiger partial charge on any atom is -0.454 e. The first-order valence-electron chi connectivity index (χ1n) is 9.28. The molecular formula is C21H21F3N2O4. The lowest BCUT2D eigenvalue weighted by molar-refractivity contribution is -0.130. The van der Waals surface area contributed by atoms with Crippen molar-refractivity contribution in [2.45, 2.75) is 25.6 Å². The molecule has 0 saturated heterocycles. The van der Waals surface area contributed by atoms with E-state index in [0.29, 0.717) is 30.9 Å². The van der Waals surface area contributed by atoms with E-state index in [-0.39, 0.29) is 18.3 Å². The molecule has 3 rings (SSSR count). The fourth-order valence-corrected chi connectivity index (χ4v) is 2.94. The Balaban J connectivity index is 1.48. The number of hydrogen-bond acceptors (Lipinski definition) is 4. The third kappa shape index (κ3) is 5.88. The minimum absolute atomic E-state index is 0.0559. The highest BCUT2D eigenvalue weighted by atomic mass is 19.4. The molecule has 0 saturated carbocycles. The maximum Gasteiger partial charge on any atom is 0.405 e. The van der Waals surface area contributed by atoms with Gasteiger partial charge in [-0.25, -0.2) is 0 Å². The molecule has 2 aromatic carbocycles. The van der Waals surface area contributed by atoms with Crippen molar-refractivity contribution in [3.63, 3.8) is 0 Å². The molecule has 1 aliphatic heterocycles. The lowest BCUT2D eigenvalue weighted by Gasteiger charge is -2.17. The van der Waals surface area contributed by atoms with E-state index < -0.39 is 18.6 Å². The zero-order valence-electron chi connectivity index (χ0n) is 16.3. The summed E-state index contributed by atoms with van der Waals surface area (Å²) in [6.07, 6.45) is -3.59. The molecule has 1 aliphatic rings. The summed E-state index contributed by atoms with van der Waals surface area (Å²) < 4.78 is 47.1. The van der Waals surface area contributed by atoms with Crippen LogP contribution < -0.4 is 14.8 Å². The van der Waals surface area contributed by atoms with Gasteiger partial charge in [0, 0.05) is 25.6 Å². The van der Waals surface area contributed by atoms with Crippen LogP contribution in [0.5, 0.6) is 11.5 Å². The number of ether oxygens (including phenoxy) is 2. The molecule has 2 amide bonds. The van der Waals surface area contributed by atoms with Crippen LogP contribution in [0.2, 0.25) is 0 Å². The summed E-state index contributed by atoms with van der Waals surface area (Å²) >= 11 is 0. The Bertz CT molecular complexity index is 913. The first-order chi connectivity index (χ1) is 14.2. The molecule has 9 heteroatoms. The maximum absolute atomic E-state index is 12.4. The van der Waals surface area contributed by atoms with Crippen molar-refractivity contribution < 1.29 is 32.2 Å². The molecule has 0 fully saturated rings. The Morgan fingerprint density at radius 2 is 1.70 bits per heavy atom. The number of carbonyl (C=O) groups excluding carboxylic acids is 2. The van der Waals surface area contributed by atoms with Gasteiger partial charge in [-0.2, -0.15) is 13.2 Å². The number of benzene rings is 2. The van der Waals surface area contributed by atoms with Gasteiger partial charge < -0.3 is 19.7 Å². The average molecular weight is 422 g/mol. The summed E-state index contributed by atoms with van der Waals surface area (Å²) in [5.74, 6) is 0.511. The maximum atomic E-state index is 12.4. The standard InChI is InChI=1S/C21H21F3N2O4/c1-26(19(27)9-5-14-4-8-17-18(10-14)30-13-29-17)11-15-2-6-16(7-3-15)20(28)25-12-21(22,23)24/h2-4,6-8,10H,5,9,11-13H2,1H3,(H,25,28). The van der Waals surface area contributed by atoms with E-state index >= 15 is 0 Å². The first kappa shape index (κ1) is 21.5. The highest BCUT2D eigenvalue weighted by molar-refractivity contribution is 5.94. The molecule has 0 radical (unpaired) electrons. The molecule has 0 unspecified atom stereocenters. The van der Waals surface area contributed by atoms with Gasteiger partial charge in [-0.05, 0) is 41.8 Å². The van der Waals surface area contributed by atoms with E-state index in [1.54, 1.807) is 24.1 Å². The predicted octanol–water partition coefficient (Wildman–Crippen LogP) is 3.30. The van der Waals surface area contributed by atoms with Gasteiger partial charge in [0.2, 0.25) is 12.7 Å². The van der Waals surface area contributed by atoms with E-state index in [9.17, 15) is 22.8 Å². The number of carbonyl (C=O) groups is 2. The molecule has 0 bridgehead atoms. The summed E-state index contributed by atoms with van der Waals surface area (Å²) in [6.45, 7) is -0.859. The van der Waals surface area contributed by atoms with Crippen LogP contribution >= 0.6 is 0 Å². The number of aryl methyl sites for hydroxylation is 1. The summed E-state index contributed by atoms with van der Waals surface area (Å²) in [5.41, 5.74) is 1.86. The highest BCUT2D eigenvalue weighted by Gasteiger charge is 2.27. The van der Waals surface area contributed by atoms with Gasteiger partial charge >= 0.3 is 6.18 Å². The number of alkyl halides is 3. The summed E-state index contributed by atoms with van der Waals surface area (Å²) in [7, 11) is 1.67. The van der Waals surface area contributed by atoms with Gasteiger partial charge in [-0.15, -0.1) is 0 Å². The average Bonchev–Trinajstić information content (AvgIpc) is 3.18. The SMILES string of the molecule is CN(Cc1ccc(C(=O)NCC(F)(F)F)cc1)C(=O)CCc1ccc2c(c1)OCO2.